The van der Waals surface area contributed by atoms with Gasteiger partial charge >= 0.3 is 0 Å². The molecule has 2 heterocycles. The second-order valence-electron chi connectivity index (χ2n) is 5.84. The molecule has 0 saturated heterocycles. The number of rotatable bonds is 4. The van der Waals surface area contributed by atoms with Gasteiger partial charge in [0.25, 0.3) is 0 Å². The molecule has 1 aliphatic rings. The molecule has 4 rings (SSSR count). The predicted octanol–water partition coefficient (Wildman–Crippen LogP) is 5.55. The van der Waals surface area contributed by atoms with Crippen molar-refractivity contribution in [1.29, 1.82) is 0 Å². The normalized spacial score (nSPS) is 17.8. The van der Waals surface area contributed by atoms with Crippen LogP contribution in [-0.2, 0) is 4.74 Å². The Labute approximate surface area is 169 Å². The van der Waals surface area contributed by atoms with E-state index in [1.165, 1.54) is 11.3 Å². The van der Waals surface area contributed by atoms with Gasteiger partial charge in [0.05, 0.1) is 21.4 Å². The Morgan fingerprint density at radius 1 is 1.37 bits per heavy atom. The number of ether oxygens (including phenoxy) is 2. The molecule has 5 nitrogen and oxygen atoms in total. The summed E-state index contributed by atoms with van der Waals surface area (Å²) in [4.78, 5) is 16.1. The Balaban J connectivity index is 1.67. The van der Waals surface area contributed by atoms with E-state index in [0.717, 1.165) is 19.9 Å². The number of benzene rings is 2. The molecular formula is C19H15ClN2O3S2. The quantitative estimate of drug-likeness (QED) is 0.430. The van der Waals surface area contributed by atoms with Crippen molar-refractivity contribution in [3.63, 3.8) is 0 Å². The van der Waals surface area contributed by atoms with Gasteiger partial charge in [-0.25, -0.2) is 0 Å². The molecule has 27 heavy (non-hydrogen) atoms. The van der Waals surface area contributed by atoms with Gasteiger partial charge in [-0.2, -0.15) is 0 Å². The number of hydrogen-bond donors (Lipinski definition) is 2. The Kier molecular flexibility index (Phi) is 5.01. The van der Waals surface area contributed by atoms with Crippen LogP contribution < -0.4 is 10.1 Å². The van der Waals surface area contributed by atoms with Crippen molar-refractivity contribution in [3.05, 3.63) is 62.7 Å². The van der Waals surface area contributed by atoms with Gasteiger partial charge in [0, 0.05) is 23.5 Å². The number of halogens is 1. The van der Waals surface area contributed by atoms with E-state index in [1.54, 1.807) is 24.4 Å². The first kappa shape index (κ1) is 18.2. The van der Waals surface area contributed by atoms with E-state index in [4.69, 9.17) is 33.3 Å². The minimum absolute atomic E-state index is 0.178. The summed E-state index contributed by atoms with van der Waals surface area (Å²) >= 11 is 12.7. The van der Waals surface area contributed by atoms with E-state index in [1.807, 2.05) is 25.1 Å². The van der Waals surface area contributed by atoms with Crippen LogP contribution in [-0.4, -0.2) is 23.7 Å². The van der Waals surface area contributed by atoms with E-state index in [0.29, 0.717) is 28.5 Å². The van der Waals surface area contributed by atoms with Crippen LogP contribution in [0.1, 0.15) is 17.3 Å². The molecule has 0 bridgehead atoms. The molecule has 0 fully saturated rings. The molecule has 1 atom stereocenters. The number of H-pyrrole nitrogens is 1. The number of ketones is 1. The lowest BCUT2D eigenvalue weighted by Gasteiger charge is -2.27. The van der Waals surface area contributed by atoms with E-state index < -0.39 is 6.29 Å². The summed E-state index contributed by atoms with van der Waals surface area (Å²) in [7, 11) is 0. The second kappa shape index (κ2) is 7.44. The first-order chi connectivity index (χ1) is 13.0. The van der Waals surface area contributed by atoms with Gasteiger partial charge in [0.2, 0.25) is 12.1 Å². The van der Waals surface area contributed by atoms with Crippen molar-refractivity contribution in [1.82, 2.24) is 4.98 Å². The molecule has 1 aromatic heterocycles. The van der Waals surface area contributed by atoms with Gasteiger partial charge in [0.1, 0.15) is 5.75 Å². The summed E-state index contributed by atoms with van der Waals surface area (Å²) in [6.45, 7) is 2.26. The topological polar surface area (TPSA) is 63.4 Å². The lowest BCUT2D eigenvalue weighted by molar-refractivity contribution is -0.0509. The third-order valence-electron chi connectivity index (χ3n) is 4.07. The molecule has 3 aromatic rings. The van der Waals surface area contributed by atoms with Crippen molar-refractivity contribution in [3.8, 4) is 5.75 Å². The van der Waals surface area contributed by atoms with Crippen LogP contribution in [0.5, 0.6) is 5.75 Å². The molecule has 8 heteroatoms. The van der Waals surface area contributed by atoms with Gasteiger partial charge in [-0.05, 0) is 55.5 Å². The van der Waals surface area contributed by atoms with Crippen LogP contribution in [0.15, 0.2) is 48.2 Å². The van der Waals surface area contributed by atoms with Crippen molar-refractivity contribution in [2.75, 3.05) is 11.9 Å². The summed E-state index contributed by atoms with van der Waals surface area (Å²) in [5, 5.41) is 3.64. The molecule has 1 aliphatic heterocycles. The van der Waals surface area contributed by atoms with Gasteiger partial charge in [-0.3, -0.25) is 4.79 Å². The van der Waals surface area contributed by atoms with Gasteiger partial charge in [0.15, 0.2) is 3.95 Å². The standard InChI is InChI=1S/C19H15ClN2O3S2/c1-2-24-18-13(17(23)12-7-10(20)3-6-15(12)25-18)9-21-11-4-5-14-16(8-11)27-19(26)22-14/h3-9,18,21H,2H2,1H3,(H,22,26)/b13-9+/t18-/m0/s1. The van der Waals surface area contributed by atoms with Crippen LogP contribution in [0.4, 0.5) is 5.69 Å². The molecule has 2 N–H and O–H groups in total. The Hall–Kier alpha value is -2.19. The Morgan fingerprint density at radius 3 is 3.04 bits per heavy atom. The molecule has 0 saturated carbocycles. The maximum Gasteiger partial charge on any atom is 0.232 e. The number of carbonyl (C=O) groups excluding carboxylic acids is 1. The van der Waals surface area contributed by atoms with Gasteiger partial charge in [-0.15, -0.1) is 11.3 Å². The Bertz CT molecular complexity index is 1120. The van der Waals surface area contributed by atoms with Crippen LogP contribution in [0.3, 0.4) is 0 Å². The number of fused-ring (bicyclic) bond motifs is 2. The fourth-order valence-electron chi connectivity index (χ4n) is 2.83. The highest BCUT2D eigenvalue weighted by molar-refractivity contribution is 7.73. The number of hydrogen-bond acceptors (Lipinski definition) is 6. The van der Waals surface area contributed by atoms with Crippen molar-refractivity contribution < 1.29 is 14.3 Å². The van der Waals surface area contributed by atoms with Crippen molar-refractivity contribution >= 4 is 56.8 Å². The highest BCUT2D eigenvalue weighted by Crippen LogP contribution is 2.33. The average molecular weight is 419 g/mol. The third kappa shape index (κ3) is 3.64. The zero-order chi connectivity index (χ0) is 19.0. The number of Topliss-reactive ketones (excluding diaryl/α,β-unsaturated/α-hetero) is 1. The number of thiazole rings is 1. The highest BCUT2D eigenvalue weighted by atomic mass is 35.5. The van der Waals surface area contributed by atoms with Crippen LogP contribution >= 0.6 is 35.2 Å². The first-order valence-electron chi connectivity index (χ1n) is 8.27. The molecule has 138 valence electrons. The zero-order valence-electron chi connectivity index (χ0n) is 14.2. The lowest BCUT2D eigenvalue weighted by Crippen LogP contribution is -2.33. The van der Waals surface area contributed by atoms with Gasteiger partial charge in [-0.1, -0.05) is 11.6 Å². The third-order valence-corrected chi connectivity index (χ3v) is 5.50. The SMILES string of the molecule is CCO[C@H]1Oc2ccc(Cl)cc2C(=O)/C1=C\Nc1ccc2[nH]c(=S)sc2c1. The van der Waals surface area contributed by atoms with Gasteiger partial charge < -0.3 is 19.8 Å². The maximum absolute atomic E-state index is 12.9. The summed E-state index contributed by atoms with van der Waals surface area (Å²) in [5.41, 5.74) is 2.62. The van der Waals surface area contributed by atoms with Crippen molar-refractivity contribution in [2.45, 2.75) is 13.2 Å². The maximum atomic E-state index is 12.9. The fourth-order valence-corrected chi connectivity index (χ4v) is 4.16. The predicted molar refractivity (Wildman–Crippen MR) is 111 cm³/mol. The highest BCUT2D eigenvalue weighted by Gasteiger charge is 2.32. The van der Waals surface area contributed by atoms with E-state index in [9.17, 15) is 4.79 Å². The number of aromatic nitrogens is 1. The smallest absolute Gasteiger partial charge is 0.232 e. The number of nitrogens with one attached hydrogen (secondary N) is 2. The zero-order valence-corrected chi connectivity index (χ0v) is 16.6. The van der Waals surface area contributed by atoms with Crippen LogP contribution in [0.2, 0.25) is 5.02 Å². The summed E-state index contributed by atoms with van der Waals surface area (Å²) in [6.07, 6.45) is 0.848. The molecule has 2 aromatic carbocycles. The minimum atomic E-state index is -0.776. The monoisotopic (exact) mass is 418 g/mol. The molecule has 0 unspecified atom stereocenters. The summed E-state index contributed by atoms with van der Waals surface area (Å²) in [5.74, 6) is 0.289. The fraction of sp³-hybridized carbons (Fsp3) is 0.158. The molecule has 0 radical (unpaired) electrons. The molecular weight excluding hydrogens is 404 g/mol. The average Bonchev–Trinajstić information content (AvgIpc) is 3.01. The van der Waals surface area contributed by atoms with E-state index in [2.05, 4.69) is 10.3 Å². The first-order valence-corrected chi connectivity index (χ1v) is 9.87. The second-order valence-corrected chi connectivity index (χ2v) is 8.00. The van der Waals surface area contributed by atoms with E-state index in [-0.39, 0.29) is 5.78 Å². The molecule has 0 spiro atoms. The largest absolute Gasteiger partial charge is 0.460 e. The number of carbonyl (C=O) groups is 1. The summed E-state index contributed by atoms with van der Waals surface area (Å²) < 4.78 is 13.2. The van der Waals surface area contributed by atoms with Crippen molar-refractivity contribution in [2.24, 2.45) is 0 Å². The minimum Gasteiger partial charge on any atom is -0.460 e. The summed E-state index contributed by atoms with van der Waals surface area (Å²) in [6, 6.07) is 10.8. The molecule has 0 aliphatic carbocycles. The van der Waals surface area contributed by atoms with Crippen LogP contribution in [0.25, 0.3) is 10.2 Å². The van der Waals surface area contributed by atoms with E-state index >= 15 is 0 Å². The molecule has 0 amide bonds. The Morgan fingerprint density at radius 2 is 2.22 bits per heavy atom. The number of aromatic amines is 1. The lowest BCUT2D eigenvalue weighted by atomic mass is 10.00. The van der Waals surface area contributed by atoms with Crippen LogP contribution in [0, 0.1) is 3.95 Å². The number of anilines is 1.